The Morgan fingerprint density at radius 2 is 2.18 bits per heavy atom. The zero-order valence-corrected chi connectivity index (χ0v) is 10.0. The van der Waals surface area contributed by atoms with Crippen molar-refractivity contribution in [3.05, 3.63) is 29.8 Å². The largest absolute Gasteiger partial charge is 0.497 e. The lowest BCUT2D eigenvalue weighted by Crippen LogP contribution is -2.47. The Hall–Kier alpha value is -1.55. The lowest BCUT2D eigenvalue weighted by atomic mass is 10.1. The van der Waals surface area contributed by atoms with Gasteiger partial charge in [-0.3, -0.25) is 4.79 Å². The van der Waals surface area contributed by atoms with Crippen LogP contribution in [0.25, 0.3) is 0 Å². The summed E-state index contributed by atoms with van der Waals surface area (Å²) < 4.78 is 5.10. The first kappa shape index (κ1) is 11.9. The van der Waals surface area contributed by atoms with Gasteiger partial charge in [-0.1, -0.05) is 12.1 Å². The van der Waals surface area contributed by atoms with E-state index in [0.717, 1.165) is 30.7 Å². The molecule has 2 N–H and O–H groups in total. The van der Waals surface area contributed by atoms with E-state index in [9.17, 15) is 4.79 Å². The van der Waals surface area contributed by atoms with Crippen LogP contribution in [0.1, 0.15) is 18.4 Å². The van der Waals surface area contributed by atoms with Crippen LogP contribution in [-0.2, 0) is 11.3 Å². The predicted octanol–water partition coefficient (Wildman–Crippen LogP) is 1.06. The number of carbonyl (C=O) groups excluding carboxylic acids is 1. The van der Waals surface area contributed by atoms with Crippen molar-refractivity contribution in [3.63, 3.8) is 0 Å². The van der Waals surface area contributed by atoms with E-state index in [4.69, 9.17) is 4.74 Å². The third-order valence-corrected chi connectivity index (χ3v) is 3.00. The minimum atomic E-state index is -0.0501. The first-order valence-corrected chi connectivity index (χ1v) is 5.93. The van der Waals surface area contributed by atoms with Gasteiger partial charge in [-0.25, -0.2) is 0 Å². The molecule has 2 rings (SSSR count). The minimum absolute atomic E-state index is 0.0501. The van der Waals surface area contributed by atoms with Crippen LogP contribution in [0.5, 0.6) is 5.75 Å². The van der Waals surface area contributed by atoms with Crippen LogP contribution in [0.2, 0.25) is 0 Å². The molecular weight excluding hydrogens is 216 g/mol. The quantitative estimate of drug-likeness (QED) is 0.819. The Kier molecular flexibility index (Phi) is 3.98. The molecule has 1 aliphatic heterocycles. The molecule has 1 heterocycles. The first-order chi connectivity index (χ1) is 8.29. The maximum absolute atomic E-state index is 11.5. The van der Waals surface area contributed by atoms with Crippen LogP contribution < -0.4 is 15.4 Å². The van der Waals surface area contributed by atoms with Crippen LogP contribution in [-0.4, -0.2) is 25.6 Å². The minimum Gasteiger partial charge on any atom is -0.497 e. The third kappa shape index (κ3) is 3.20. The van der Waals surface area contributed by atoms with Gasteiger partial charge in [-0.05, 0) is 30.5 Å². The molecule has 1 aliphatic rings. The molecule has 0 radical (unpaired) electrons. The van der Waals surface area contributed by atoms with Crippen LogP contribution in [0.4, 0.5) is 0 Å². The Balaban J connectivity index is 1.86. The summed E-state index contributed by atoms with van der Waals surface area (Å²) in [5, 5.41) is 6.14. The maximum atomic E-state index is 11.5. The van der Waals surface area contributed by atoms with E-state index >= 15 is 0 Å². The highest BCUT2D eigenvalue weighted by atomic mass is 16.5. The van der Waals surface area contributed by atoms with Gasteiger partial charge < -0.3 is 15.4 Å². The van der Waals surface area contributed by atoms with Gasteiger partial charge in [0.25, 0.3) is 0 Å². The topological polar surface area (TPSA) is 50.4 Å². The molecule has 1 amide bonds. The number of ether oxygens (including phenoxy) is 1. The summed E-state index contributed by atoms with van der Waals surface area (Å²) in [7, 11) is 1.65. The molecule has 1 atom stereocenters. The van der Waals surface area contributed by atoms with Crippen LogP contribution in [0.15, 0.2) is 24.3 Å². The average Bonchev–Trinajstić information content (AvgIpc) is 2.38. The summed E-state index contributed by atoms with van der Waals surface area (Å²) in [5.41, 5.74) is 1.16. The number of benzene rings is 1. The molecule has 0 aromatic heterocycles. The van der Waals surface area contributed by atoms with Crippen LogP contribution in [0.3, 0.4) is 0 Å². The van der Waals surface area contributed by atoms with Crippen LogP contribution in [0, 0.1) is 0 Å². The Bertz CT molecular complexity index is 376. The first-order valence-electron chi connectivity index (χ1n) is 5.93. The number of hydrogen-bond donors (Lipinski definition) is 2. The molecule has 1 saturated heterocycles. The normalized spacial score (nSPS) is 19.8. The van der Waals surface area contributed by atoms with Gasteiger partial charge in [0.1, 0.15) is 5.75 Å². The fourth-order valence-electron chi connectivity index (χ4n) is 1.95. The lowest BCUT2D eigenvalue weighted by Gasteiger charge is -2.22. The molecule has 4 nitrogen and oxygen atoms in total. The van der Waals surface area contributed by atoms with Gasteiger partial charge in [-0.15, -0.1) is 0 Å². The standard InChI is InChI=1S/C13H18N2O2/c1-17-11-6-4-10(5-7-11)9-15-12-3-2-8-14-13(12)16/h4-7,12,15H,2-3,8-9H2,1H3,(H,14,16). The van der Waals surface area contributed by atoms with Crippen molar-refractivity contribution in [1.82, 2.24) is 10.6 Å². The van der Waals surface area contributed by atoms with E-state index in [1.807, 2.05) is 24.3 Å². The smallest absolute Gasteiger partial charge is 0.237 e. The number of piperidine rings is 1. The van der Waals surface area contributed by atoms with E-state index in [-0.39, 0.29) is 11.9 Å². The van der Waals surface area contributed by atoms with Crippen molar-refractivity contribution >= 4 is 5.91 Å². The van der Waals surface area contributed by atoms with Crippen molar-refractivity contribution in [1.29, 1.82) is 0 Å². The number of rotatable bonds is 4. The highest BCUT2D eigenvalue weighted by molar-refractivity contribution is 5.82. The fourth-order valence-corrected chi connectivity index (χ4v) is 1.95. The number of hydrogen-bond acceptors (Lipinski definition) is 3. The summed E-state index contributed by atoms with van der Waals surface area (Å²) in [4.78, 5) is 11.5. The highest BCUT2D eigenvalue weighted by Gasteiger charge is 2.20. The summed E-state index contributed by atoms with van der Waals surface area (Å²) in [5.74, 6) is 0.967. The molecule has 4 heteroatoms. The molecule has 92 valence electrons. The lowest BCUT2D eigenvalue weighted by molar-refractivity contribution is -0.124. The van der Waals surface area contributed by atoms with Gasteiger partial charge in [0.05, 0.1) is 13.2 Å². The fraction of sp³-hybridized carbons (Fsp3) is 0.462. The molecular formula is C13H18N2O2. The third-order valence-electron chi connectivity index (χ3n) is 3.00. The Labute approximate surface area is 101 Å². The monoisotopic (exact) mass is 234 g/mol. The Morgan fingerprint density at radius 1 is 1.41 bits per heavy atom. The second-order valence-electron chi connectivity index (χ2n) is 4.21. The molecule has 0 aliphatic carbocycles. The summed E-state index contributed by atoms with van der Waals surface area (Å²) >= 11 is 0. The molecule has 0 saturated carbocycles. The molecule has 1 aromatic carbocycles. The van der Waals surface area contributed by atoms with Crippen molar-refractivity contribution < 1.29 is 9.53 Å². The van der Waals surface area contributed by atoms with Crippen molar-refractivity contribution in [2.75, 3.05) is 13.7 Å². The number of nitrogens with one attached hydrogen (secondary N) is 2. The van der Waals surface area contributed by atoms with Crippen LogP contribution >= 0.6 is 0 Å². The average molecular weight is 234 g/mol. The molecule has 1 aromatic rings. The SMILES string of the molecule is COc1ccc(CNC2CCCNC2=O)cc1. The zero-order valence-electron chi connectivity index (χ0n) is 10.0. The molecule has 0 spiro atoms. The summed E-state index contributed by atoms with van der Waals surface area (Å²) in [6, 6.07) is 7.82. The summed E-state index contributed by atoms with van der Waals surface area (Å²) in [6.45, 7) is 1.52. The molecule has 0 bridgehead atoms. The second kappa shape index (κ2) is 5.68. The number of carbonyl (C=O) groups is 1. The van der Waals surface area contributed by atoms with Crippen molar-refractivity contribution in [3.8, 4) is 5.75 Å². The predicted molar refractivity (Wildman–Crippen MR) is 65.9 cm³/mol. The van der Waals surface area contributed by atoms with E-state index < -0.39 is 0 Å². The van der Waals surface area contributed by atoms with Gasteiger partial charge >= 0.3 is 0 Å². The van der Waals surface area contributed by atoms with Gasteiger partial charge in [0.2, 0.25) is 5.91 Å². The molecule has 1 unspecified atom stereocenters. The Morgan fingerprint density at radius 3 is 2.82 bits per heavy atom. The van der Waals surface area contributed by atoms with E-state index in [1.54, 1.807) is 7.11 Å². The van der Waals surface area contributed by atoms with Gasteiger partial charge in [0, 0.05) is 13.1 Å². The van der Waals surface area contributed by atoms with Gasteiger partial charge in [0.15, 0.2) is 0 Å². The zero-order chi connectivity index (χ0) is 12.1. The van der Waals surface area contributed by atoms with Gasteiger partial charge in [-0.2, -0.15) is 0 Å². The number of amides is 1. The van der Waals surface area contributed by atoms with E-state index in [2.05, 4.69) is 10.6 Å². The van der Waals surface area contributed by atoms with Crippen molar-refractivity contribution in [2.45, 2.75) is 25.4 Å². The summed E-state index contributed by atoms with van der Waals surface area (Å²) in [6.07, 6.45) is 1.97. The molecule has 17 heavy (non-hydrogen) atoms. The van der Waals surface area contributed by atoms with E-state index in [0.29, 0.717) is 6.54 Å². The van der Waals surface area contributed by atoms with E-state index in [1.165, 1.54) is 0 Å². The second-order valence-corrected chi connectivity index (χ2v) is 4.21. The molecule has 1 fully saturated rings. The highest BCUT2D eigenvalue weighted by Crippen LogP contribution is 2.11. The maximum Gasteiger partial charge on any atom is 0.237 e. The number of methoxy groups -OCH3 is 1. The van der Waals surface area contributed by atoms with Crippen molar-refractivity contribution in [2.24, 2.45) is 0 Å².